The van der Waals surface area contributed by atoms with Crippen molar-refractivity contribution in [1.29, 1.82) is 5.26 Å². The van der Waals surface area contributed by atoms with Gasteiger partial charge in [0.15, 0.2) is 11.5 Å². The standard InChI is InChI=1S/C25H24F3N5O2/c1-14-11-18(15(2)30-19-6-4-3-5-17(19)24(34)35)22-20(12-14)31-21(13-29)23(32-22)33-9-7-16(8-10-33)25(26,27)28/h3-6,11-12,15-16,30H,7-10H2,1-2H3,(H,34,35)/t15-/m1/s1. The molecule has 182 valence electrons. The number of halogens is 3. The van der Waals surface area contributed by atoms with Gasteiger partial charge in [0.1, 0.15) is 6.07 Å². The zero-order valence-corrected chi connectivity index (χ0v) is 19.2. The number of carboxylic acid groups (broad SMARTS) is 1. The van der Waals surface area contributed by atoms with Crippen LogP contribution in [-0.2, 0) is 0 Å². The summed E-state index contributed by atoms with van der Waals surface area (Å²) in [5.74, 6) is -2.16. The Labute approximate surface area is 200 Å². The Morgan fingerprint density at radius 2 is 1.91 bits per heavy atom. The van der Waals surface area contributed by atoms with E-state index in [4.69, 9.17) is 4.98 Å². The summed E-state index contributed by atoms with van der Waals surface area (Å²) in [6.07, 6.45) is -4.38. The number of anilines is 2. The Morgan fingerprint density at radius 3 is 2.54 bits per heavy atom. The molecule has 3 aromatic rings. The molecule has 2 aromatic carbocycles. The van der Waals surface area contributed by atoms with Crippen LogP contribution in [0.25, 0.3) is 11.0 Å². The summed E-state index contributed by atoms with van der Waals surface area (Å²) in [6, 6.07) is 11.9. The number of hydrogen-bond acceptors (Lipinski definition) is 6. The molecule has 35 heavy (non-hydrogen) atoms. The van der Waals surface area contributed by atoms with Crippen LogP contribution in [0.1, 0.15) is 53.0 Å². The van der Waals surface area contributed by atoms with Gasteiger partial charge in [0.05, 0.1) is 28.6 Å². The second-order valence-electron chi connectivity index (χ2n) is 8.75. The van der Waals surface area contributed by atoms with E-state index < -0.39 is 18.1 Å². The maximum atomic E-state index is 13.1. The van der Waals surface area contributed by atoms with E-state index in [2.05, 4.69) is 10.3 Å². The van der Waals surface area contributed by atoms with Crippen molar-refractivity contribution in [2.45, 2.75) is 38.9 Å². The largest absolute Gasteiger partial charge is 0.478 e. The zero-order chi connectivity index (χ0) is 25.3. The molecule has 0 saturated carbocycles. The topological polar surface area (TPSA) is 102 Å². The minimum absolute atomic E-state index is 0.0661. The molecule has 1 aromatic heterocycles. The van der Waals surface area contributed by atoms with Crippen molar-refractivity contribution in [3.05, 3.63) is 58.8 Å². The number of aromatic nitrogens is 2. The van der Waals surface area contributed by atoms with E-state index in [1.807, 2.05) is 26.0 Å². The van der Waals surface area contributed by atoms with Gasteiger partial charge >= 0.3 is 12.1 Å². The van der Waals surface area contributed by atoms with Crippen molar-refractivity contribution in [3.63, 3.8) is 0 Å². The summed E-state index contributed by atoms with van der Waals surface area (Å²) in [4.78, 5) is 22.5. The molecule has 0 unspecified atom stereocenters. The third-order valence-electron chi connectivity index (χ3n) is 6.28. The number of para-hydroxylation sites is 1. The second kappa shape index (κ2) is 9.41. The van der Waals surface area contributed by atoms with Crippen LogP contribution in [0.5, 0.6) is 0 Å². The van der Waals surface area contributed by atoms with Crippen LogP contribution in [0.3, 0.4) is 0 Å². The summed E-state index contributed by atoms with van der Waals surface area (Å²) in [5.41, 5.74) is 3.26. The number of aromatic carboxylic acids is 1. The molecule has 0 radical (unpaired) electrons. The molecule has 2 heterocycles. The Kier molecular flexibility index (Phi) is 6.52. The molecule has 0 bridgehead atoms. The first-order valence-electron chi connectivity index (χ1n) is 11.2. The van der Waals surface area contributed by atoms with Crippen LogP contribution in [0.4, 0.5) is 24.7 Å². The molecule has 4 rings (SSSR count). The van der Waals surface area contributed by atoms with Gasteiger partial charge in [-0.2, -0.15) is 18.4 Å². The number of aryl methyl sites for hydroxylation is 1. The van der Waals surface area contributed by atoms with Crippen molar-refractivity contribution >= 4 is 28.5 Å². The average Bonchev–Trinajstić information content (AvgIpc) is 2.82. The Bertz CT molecular complexity index is 1310. The first kappa shape index (κ1) is 24.3. The predicted molar refractivity (Wildman–Crippen MR) is 125 cm³/mol. The van der Waals surface area contributed by atoms with Crippen molar-refractivity contribution < 1.29 is 23.1 Å². The molecule has 7 nitrogen and oxygen atoms in total. The van der Waals surface area contributed by atoms with Gasteiger partial charge in [0.25, 0.3) is 0 Å². The SMILES string of the molecule is Cc1cc([C@@H](C)Nc2ccccc2C(=O)O)c2nc(N3CCC(C(F)(F)F)CC3)c(C#N)nc2c1. The van der Waals surface area contributed by atoms with E-state index in [0.717, 1.165) is 11.1 Å². The molecular formula is C25H24F3N5O2. The lowest BCUT2D eigenvalue weighted by Gasteiger charge is -2.34. The number of hydrogen-bond donors (Lipinski definition) is 2. The number of nitriles is 1. The minimum Gasteiger partial charge on any atom is -0.478 e. The number of nitrogens with one attached hydrogen (secondary N) is 1. The van der Waals surface area contributed by atoms with Gasteiger partial charge in [0, 0.05) is 24.3 Å². The van der Waals surface area contributed by atoms with Gasteiger partial charge in [0.2, 0.25) is 0 Å². The minimum atomic E-state index is -4.24. The number of carbonyl (C=O) groups is 1. The Hall–Kier alpha value is -3.87. The van der Waals surface area contributed by atoms with E-state index in [1.54, 1.807) is 29.2 Å². The third-order valence-corrected chi connectivity index (χ3v) is 6.28. The van der Waals surface area contributed by atoms with E-state index in [1.165, 1.54) is 6.07 Å². The van der Waals surface area contributed by atoms with Crippen molar-refractivity contribution in [2.24, 2.45) is 5.92 Å². The monoisotopic (exact) mass is 483 g/mol. The molecule has 0 spiro atoms. The molecule has 10 heteroatoms. The number of fused-ring (bicyclic) bond motifs is 1. The summed E-state index contributed by atoms with van der Waals surface area (Å²) >= 11 is 0. The molecule has 0 aliphatic carbocycles. The maximum absolute atomic E-state index is 13.1. The van der Waals surface area contributed by atoms with Gasteiger partial charge in [-0.25, -0.2) is 14.8 Å². The Morgan fingerprint density at radius 1 is 1.23 bits per heavy atom. The highest BCUT2D eigenvalue weighted by Crippen LogP contribution is 2.36. The highest BCUT2D eigenvalue weighted by Gasteiger charge is 2.41. The quantitative estimate of drug-likeness (QED) is 0.497. The molecule has 1 aliphatic rings. The summed E-state index contributed by atoms with van der Waals surface area (Å²) < 4.78 is 39.4. The van der Waals surface area contributed by atoms with Gasteiger partial charge in [-0.1, -0.05) is 18.2 Å². The average molecular weight is 483 g/mol. The normalized spacial score (nSPS) is 15.6. The lowest BCUT2D eigenvalue weighted by atomic mass is 9.96. The van der Waals surface area contributed by atoms with Gasteiger partial charge in [-0.15, -0.1) is 0 Å². The maximum Gasteiger partial charge on any atom is 0.391 e. The zero-order valence-electron chi connectivity index (χ0n) is 19.2. The Balaban J connectivity index is 1.73. The van der Waals surface area contributed by atoms with Crippen LogP contribution in [0, 0.1) is 24.2 Å². The summed E-state index contributed by atoms with van der Waals surface area (Å²) in [7, 11) is 0. The molecular weight excluding hydrogens is 459 g/mol. The number of carboxylic acids is 1. The summed E-state index contributed by atoms with van der Waals surface area (Å²) in [5, 5.41) is 22.4. The number of benzene rings is 2. The first-order chi connectivity index (χ1) is 16.6. The number of alkyl halides is 3. The molecule has 0 amide bonds. The molecule has 1 fully saturated rings. The second-order valence-corrected chi connectivity index (χ2v) is 8.75. The molecule has 1 saturated heterocycles. The van der Waals surface area contributed by atoms with Crippen molar-refractivity contribution in [1.82, 2.24) is 9.97 Å². The predicted octanol–water partition coefficient (Wildman–Crippen LogP) is 5.46. The smallest absolute Gasteiger partial charge is 0.391 e. The van der Waals surface area contributed by atoms with Gasteiger partial charge in [-0.3, -0.25) is 0 Å². The third kappa shape index (κ3) is 4.99. The van der Waals surface area contributed by atoms with E-state index in [0.29, 0.717) is 16.7 Å². The fourth-order valence-electron chi connectivity index (χ4n) is 4.47. The number of piperidine rings is 1. The molecule has 1 atom stereocenters. The van der Waals surface area contributed by atoms with Gasteiger partial charge < -0.3 is 15.3 Å². The number of nitrogens with zero attached hydrogens (tertiary/aromatic N) is 4. The highest BCUT2D eigenvalue weighted by molar-refractivity contribution is 5.94. The first-order valence-corrected chi connectivity index (χ1v) is 11.2. The molecule has 2 N–H and O–H groups in total. The van der Waals surface area contributed by atoms with Crippen LogP contribution < -0.4 is 10.2 Å². The van der Waals surface area contributed by atoms with Crippen molar-refractivity contribution in [3.8, 4) is 6.07 Å². The fourth-order valence-corrected chi connectivity index (χ4v) is 4.47. The lowest BCUT2D eigenvalue weighted by molar-refractivity contribution is -0.179. The highest BCUT2D eigenvalue weighted by atomic mass is 19.4. The van der Waals surface area contributed by atoms with E-state index in [-0.39, 0.29) is 49.0 Å². The lowest BCUT2D eigenvalue weighted by Crippen LogP contribution is -2.39. The molecule has 1 aliphatic heterocycles. The number of rotatable bonds is 5. The van der Waals surface area contributed by atoms with E-state index >= 15 is 0 Å². The van der Waals surface area contributed by atoms with Crippen molar-refractivity contribution in [2.75, 3.05) is 23.3 Å². The fraction of sp³-hybridized carbons (Fsp3) is 0.360. The van der Waals surface area contributed by atoms with Crippen LogP contribution in [-0.4, -0.2) is 40.3 Å². The van der Waals surface area contributed by atoms with Crippen LogP contribution >= 0.6 is 0 Å². The van der Waals surface area contributed by atoms with Crippen LogP contribution in [0.15, 0.2) is 36.4 Å². The van der Waals surface area contributed by atoms with Crippen LogP contribution in [0.2, 0.25) is 0 Å². The summed E-state index contributed by atoms with van der Waals surface area (Å²) in [6.45, 7) is 3.99. The van der Waals surface area contributed by atoms with Gasteiger partial charge in [-0.05, 0) is 50.5 Å². The van der Waals surface area contributed by atoms with E-state index in [9.17, 15) is 28.3 Å².